The third-order valence-electron chi connectivity index (χ3n) is 14.1. The normalized spacial score (nSPS) is 10.5. The summed E-state index contributed by atoms with van der Waals surface area (Å²) in [5.41, 5.74) is 8.45. The molecule has 0 saturated carbocycles. The number of aliphatic hydroxyl groups is 3. The summed E-state index contributed by atoms with van der Waals surface area (Å²) in [5.74, 6) is -1.94. The number of nitrogens with zero attached hydrogens (tertiary/aromatic N) is 24. The molecule has 0 aliphatic rings. The van der Waals surface area contributed by atoms with Crippen LogP contribution < -0.4 is 9.47 Å². The molecule has 12 aromatic heterocycles. The van der Waals surface area contributed by atoms with E-state index in [4.69, 9.17) is 51.7 Å². The smallest absolute Gasteiger partial charge is 0.354 e. The monoisotopic (exact) mass is 1430 g/mol. The maximum absolute atomic E-state index is 11.7. The molecule has 534 valence electrons. The minimum absolute atomic E-state index is 0.0463. The number of carboxylic acids is 3. The molecule has 103 heavy (non-hydrogen) atoms. The number of hydrogen-bond acceptors (Lipinski definition) is 29. The highest BCUT2D eigenvalue weighted by Gasteiger charge is 2.25. The van der Waals surface area contributed by atoms with E-state index in [1.807, 2.05) is 33.8 Å². The van der Waals surface area contributed by atoms with E-state index in [2.05, 4.69) is 90.4 Å². The van der Waals surface area contributed by atoms with Gasteiger partial charge in [-0.2, -0.15) is 30.6 Å². The standard InChI is InChI=1S/C12H14N4O2.C11H12N4O3.C11H12N4O2.C10H9ClN4O2.C10H10N4O3.C10H10N4O2/c1-7-4-8(2)15-12(14-7)9-5-13-16(3)11(9)10(18)6-17;1-15-11(9(17)6-16)7(3-13-15)8-4-12-5-10(14-8)18-2;1-7-3-4-12-11(14-7)8-5-13-15(2)10(8)9(17)6-16;1-5-12-4-7(11)8(14-5)6-3-13-15(2)9(6)10(16)17;1-14-9(10(15)16)6(3-12-14)7-4-11-5-8(13-7)17-2;1-6-3-4-11-9(13-6)7-5-12-14(2)8(7)10(15)16/h4-5,17H,6H2,1-3H3;3-5,16H,6H2,1-2H3;3-5,16H,6H2,1-2H3;3-4H,1-2H3,(H,16,17);3-5H,1-2H3,(H,15,16);3-5H,1-2H3,(H,15,16). The predicted octanol–water partition coefficient (Wildman–Crippen LogP) is 4.09. The van der Waals surface area contributed by atoms with Gasteiger partial charge in [-0.25, -0.2) is 64.2 Å². The molecular weight excluding hydrogens is 1360 g/mol. The van der Waals surface area contributed by atoms with Crippen molar-refractivity contribution in [1.29, 1.82) is 0 Å². The molecular formula is C64H67ClN24O14. The minimum Gasteiger partial charge on any atom is -0.480 e. The van der Waals surface area contributed by atoms with Crippen molar-refractivity contribution in [3.05, 3.63) is 167 Å². The van der Waals surface area contributed by atoms with Crippen molar-refractivity contribution >= 4 is 46.9 Å². The molecule has 0 saturated heterocycles. The molecule has 0 amide bonds. The van der Waals surface area contributed by atoms with Gasteiger partial charge in [0.15, 0.2) is 34.6 Å². The number of Topliss-reactive ketones (excluding diaryl/α,β-unsaturated/α-hetero) is 3. The van der Waals surface area contributed by atoms with Crippen molar-refractivity contribution in [2.24, 2.45) is 42.3 Å². The van der Waals surface area contributed by atoms with Crippen molar-refractivity contribution in [2.45, 2.75) is 34.6 Å². The van der Waals surface area contributed by atoms with Crippen molar-refractivity contribution < 1.29 is 68.9 Å². The van der Waals surface area contributed by atoms with E-state index in [0.29, 0.717) is 108 Å². The summed E-state index contributed by atoms with van der Waals surface area (Å²) < 4.78 is 18.0. The number of carbonyl (C=O) groups excluding carboxylic acids is 3. The lowest BCUT2D eigenvalue weighted by molar-refractivity contribution is 0.0675. The van der Waals surface area contributed by atoms with Crippen molar-refractivity contribution in [3.63, 3.8) is 0 Å². The number of carboxylic acid groups (broad SMARTS) is 3. The Bertz CT molecular complexity index is 5040. The van der Waals surface area contributed by atoms with Gasteiger partial charge < -0.3 is 40.1 Å². The molecule has 0 aliphatic heterocycles. The summed E-state index contributed by atoms with van der Waals surface area (Å²) in [6.45, 7) is 7.40. The molecule has 6 N–H and O–H groups in total. The molecule has 0 aliphatic carbocycles. The maximum Gasteiger partial charge on any atom is 0.354 e. The minimum atomic E-state index is -1.08. The van der Waals surface area contributed by atoms with Gasteiger partial charge in [-0.05, 0) is 52.8 Å². The van der Waals surface area contributed by atoms with E-state index >= 15 is 0 Å². The zero-order valence-electron chi connectivity index (χ0n) is 57.4. The van der Waals surface area contributed by atoms with Gasteiger partial charge in [0.2, 0.25) is 29.1 Å². The fourth-order valence-corrected chi connectivity index (χ4v) is 9.64. The number of aliphatic hydroxyl groups excluding tert-OH is 3. The van der Waals surface area contributed by atoms with Crippen LogP contribution in [0.15, 0.2) is 98.8 Å². The number of methoxy groups -OCH3 is 2. The molecule has 39 heteroatoms. The van der Waals surface area contributed by atoms with Crippen LogP contribution in [0.25, 0.3) is 67.9 Å². The Hall–Kier alpha value is -13.1. The first-order valence-corrected chi connectivity index (χ1v) is 30.3. The average Bonchev–Trinajstić information content (AvgIpc) is 1.75. The van der Waals surface area contributed by atoms with E-state index in [-0.39, 0.29) is 17.1 Å². The SMILES string of the molecule is COc1cncc(-c2cnn(C)c2C(=O)CO)n1.COc1cncc(-c2cnn(C)c2C(=O)O)n1.Cc1cc(C)nc(-c2cnn(C)c2C(=O)CO)n1.Cc1ccnc(-c2cnn(C)c2C(=O)CO)n1.Cc1ccnc(-c2cnn(C)c2C(=O)O)n1.Cc1ncc(Cl)c(-c2cnn(C)c2C(=O)O)n1. The summed E-state index contributed by atoms with van der Waals surface area (Å²) in [4.78, 5) is 118. The van der Waals surface area contributed by atoms with Gasteiger partial charge in [0.25, 0.3) is 0 Å². The summed E-state index contributed by atoms with van der Waals surface area (Å²) in [7, 11) is 12.5. The number of aryl methyl sites for hydroxylation is 11. The van der Waals surface area contributed by atoms with Crippen LogP contribution in [-0.2, 0) is 42.3 Å². The highest BCUT2D eigenvalue weighted by Crippen LogP contribution is 2.29. The Morgan fingerprint density at radius 2 is 0.709 bits per heavy atom. The van der Waals surface area contributed by atoms with Crippen LogP contribution in [0.2, 0.25) is 5.02 Å². The highest BCUT2D eigenvalue weighted by atomic mass is 35.5. The number of aromatic carboxylic acids is 3. The predicted molar refractivity (Wildman–Crippen MR) is 362 cm³/mol. The molecule has 0 radical (unpaired) electrons. The Kier molecular flexibility index (Phi) is 26.3. The zero-order chi connectivity index (χ0) is 75.5. The fraction of sp³-hybridized carbons (Fsp3) is 0.250. The third kappa shape index (κ3) is 19.0. The second kappa shape index (κ2) is 35.1. The van der Waals surface area contributed by atoms with Crippen LogP contribution in [-0.4, -0.2) is 218 Å². The van der Waals surface area contributed by atoms with Gasteiger partial charge >= 0.3 is 17.9 Å². The first kappa shape index (κ1) is 77.3. The van der Waals surface area contributed by atoms with Gasteiger partial charge in [-0.1, -0.05) is 11.6 Å². The van der Waals surface area contributed by atoms with Crippen LogP contribution >= 0.6 is 11.6 Å². The van der Waals surface area contributed by atoms with Crippen molar-refractivity contribution in [2.75, 3.05) is 34.0 Å². The van der Waals surface area contributed by atoms with E-state index in [1.54, 1.807) is 73.7 Å². The van der Waals surface area contributed by atoms with Gasteiger partial charge in [0.1, 0.15) is 42.7 Å². The summed E-state index contributed by atoms with van der Waals surface area (Å²) in [5, 5.41) is 78.1. The molecule has 12 rings (SSSR count). The summed E-state index contributed by atoms with van der Waals surface area (Å²) in [6.07, 6.45) is 19.4. The summed E-state index contributed by atoms with van der Waals surface area (Å²) in [6, 6.07) is 5.38. The van der Waals surface area contributed by atoms with Crippen LogP contribution in [0, 0.1) is 34.6 Å². The average molecular weight is 1430 g/mol. The Morgan fingerprint density at radius 3 is 1.09 bits per heavy atom. The van der Waals surface area contributed by atoms with Gasteiger partial charge in [-0.15, -0.1) is 0 Å². The van der Waals surface area contributed by atoms with E-state index in [9.17, 15) is 28.8 Å². The Balaban J connectivity index is 0.000000173. The number of aromatic nitrogens is 24. The van der Waals surface area contributed by atoms with Gasteiger partial charge in [-0.3, -0.25) is 52.4 Å². The molecule has 12 heterocycles. The lowest BCUT2D eigenvalue weighted by Crippen LogP contribution is -2.12. The van der Waals surface area contributed by atoms with Crippen LogP contribution in [0.5, 0.6) is 11.8 Å². The van der Waals surface area contributed by atoms with Crippen molar-refractivity contribution in [3.8, 4) is 79.7 Å². The molecule has 0 fully saturated rings. The fourth-order valence-electron chi connectivity index (χ4n) is 9.44. The number of ketones is 3. The molecule has 0 unspecified atom stereocenters. The second-order valence-electron chi connectivity index (χ2n) is 21.4. The van der Waals surface area contributed by atoms with Gasteiger partial charge in [0, 0.05) is 83.7 Å². The second-order valence-corrected chi connectivity index (χ2v) is 21.8. The van der Waals surface area contributed by atoms with Crippen molar-refractivity contribution in [1.82, 2.24) is 118 Å². The Labute approximate surface area is 589 Å². The number of halogens is 1. The first-order chi connectivity index (χ1) is 49.0. The molecule has 0 spiro atoms. The number of rotatable bonds is 17. The quantitative estimate of drug-likeness (QED) is 0.0699. The number of carbonyl (C=O) groups is 6. The van der Waals surface area contributed by atoms with E-state index in [0.717, 1.165) is 22.8 Å². The maximum atomic E-state index is 11.7. The summed E-state index contributed by atoms with van der Waals surface area (Å²) >= 11 is 5.96. The third-order valence-corrected chi connectivity index (χ3v) is 14.3. The molecule has 0 atom stereocenters. The molecule has 38 nitrogen and oxygen atoms in total. The van der Waals surface area contributed by atoms with Crippen LogP contribution in [0.4, 0.5) is 0 Å². The lowest BCUT2D eigenvalue weighted by atomic mass is 10.1. The lowest BCUT2D eigenvalue weighted by Gasteiger charge is -2.04. The van der Waals surface area contributed by atoms with Crippen LogP contribution in [0.1, 0.15) is 91.5 Å². The van der Waals surface area contributed by atoms with E-state index < -0.39 is 55.1 Å². The topological polar surface area (TPSA) is 504 Å². The van der Waals surface area contributed by atoms with Crippen LogP contribution in [0.3, 0.4) is 0 Å². The number of ether oxygens (including phenoxy) is 2. The first-order valence-electron chi connectivity index (χ1n) is 29.9. The number of hydrogen-bond donors (Lipinski definition) is 6. The molecule has 0 aromatic carbocycles. The largest absolute Gasteiger partial charge is 0.480 e. The zero-order valence-corrected chi connectivity index (χ0v) is 58.2. The molecule has 0 bridgehead atoms. The highest BCUT2D eigenvalue weighted by molar-refractivity contribution is 6.33. The van der Waals surface area contributed by atoms with Gasteiger partial charge in [0.05, 0.1) is 132 Å². The Morgan fingerprint density at radius 1 is 0.388 bits per heavy atom. The molecule has 12 aromatic rings. The van der Waals surface area contributed by atoms with E-state index in [1.165, 1.54) is 110 Å².